The van der Waals surface area contributed by atoms with Gasteiger partial charge in [-0.15, -0.1) is 0 Å². The van der Waals surface area contributed by atoms with Gasteiger partial charge < -0.3 is 10.0 Å². The van der Waals surface area contributed by atoms with E-state index in [1.807, 2.05) is 18.2 Å². The Labute approximate surface area is 102 Å². The van der Waals surface area contributed by atoms with Crippen LogP contribution < -0.4 is 4.90 Å². The van der Waals surface area contributed by atoms with Crippen molar-refractivity contribution in [3.05, 3.63) is 28.8 Å². The van der Waals surface area contributed by atoms with Crippen molar-refractivity contribution in [2.24, 2.45) is 0 Å². The van der Waals surface area contributed by atoms with Gasteiger partial charge in [0.05, 0.1) is 16.8 Å². The molecule has 0 radical (unpaired) electrons. The summed E-state index contributed by atoms with van der Waals surface area (Å²) in [4.78, 5) is 2.34. The maximum Gasteiger partial charge on any atom is 0.0762 e. The van der Waals surface area contributed by atoms with Crippen LogP contribution in [0.15, 0.2) is 18.2 Å². The quantitative estimate of drug-likeness (QED) is 0.855. The van der Waals surface area contributed by atoms with E-state index in [1.54, 1.807) is 6.92 Å². The number of nitrogens with zero attached hydrogens (tertiary/aromatic N) is 1. The van der Waals surface area contributed by atoms with E-state index in [1.165, 1.54) is 12.8 Å². The Morgan fingerprint density at radius 1 is 1.50 bits per heavy atom. The first kappa shape index (κ1) is 11.7. The Kier molecular flexibility index (Phi) is 3.41. The molecule has 1 aromatic rings. The van der Waals surface area contributed by atoms with Gasteiger partial charge in [0.1, 0.15) is 0 Å². The van der Waals surface area contributed by atoms with Crippen LogP contribution in [-0.4, -0.2) is 17.7 Å². The van der Waals surface area contributed by atoms with E-state index >= 15 is 0 Å². The number of hydrogen-bond acceptors (Lipinski definition) is 2. The van der Waals surface area contributed by atoms with Crippen molar-refractivity contribution in [1.82, 2.24) is 0 Å². The van der Waals surface area contributed by atoms with Crippen LogP contribution in [0.25, 0.3) is 0 Å². The number of rotatable bonds is 2. The molecule has 0 spiro atoms. The van der Waals surface area contributed by atoms with Crippen molar-refractivity contribution in [3.63, 3.8) is 0 Å². The SMILES string of the molecule is CC1CCCN1c1ccc([C@@H](C)O)cc1Cl. The largest absolute Gasteiger partial charge is 0.389 e. The van der Waals surface area contributed by atoms with Gasteiger partial charge in [-0.2, -0.15) is 0 Å². The second-order valence-corrected chi connectivity index (χ2v) is 4.98. The zero-order valence-corrected chi connectivity index (χ0v) is 10.5. The van der Waals surface area contributed by atoms with Crippen molar-refractivity contribution in [2.75, 3.05) is 11.4 Å². The van der Waals surface area contributed by atoms with Gasteiger partial charge in [0, 0.05) is 12.6 Å². The molecule has 2 atom stereocenters. The predicted octanol–water partition coefficient (Wildman–Crippen LogP) is 3.38. The standard InChI is InChI=1S/C13H18ClNO/c1-9-4-3-7-15(9)13-6-5-11(10(2)16)8-12(13)14/h5-6,8-10,16H,3-4,7H2,1-2H3/t9?,10-/m1/s1. The molecule has 1 fully saturated rings. The Bertz CT molecular complexity index is 378. The fraction of sp³-hybridized carbons (Fsp3) is 0.538. The lowest BCUT2D eigenvalue weighted by atomic mass is 10.1. The van der Waals surface area contributed by atoms with E-state index in [0.717, 1.165) is 22.8 Å². The van der Waals surface area contributed by atoms with E-state index in [0.29, 0.717) is 6.04 Å². The lowest BCUT2D eigenvalue weighted by Gasteiger charge is -2.25. The van der Waals surface area contributed by atoms with Crippen LogP contribution in [0.4, 0.5) is 5.69 Å². The van der Waals surface area contributed by atoms with Crippen molar-refractivity contribution in [2.45, 2.75) is 38.8 Å². The van der Waals surface area contributed by atoms with Gasteiger partial charge in [0.15, 0.2) is 0 Å². The summed E-state index contributed by atoms with van der Waals surface area (Å²) in [5.41, 5.74) is 1.97. The lowest BCUT2D eigenvalue weighted by molar-refractivity contribution is 0.199. The number of hydrogen-bond donors (Lipinski definition) is 1. The summed E-state index contributed by atoms with van der Waals surface area (Å²) in [6.45, 7) is 5.06. The van der Waals surface area contributed by atoms with Crippen LogP contribution in [0.5, 0.6) is 0 Å². The van der Waals surface area contributed by atoms with Gasteiger partial charge in [-0.3, -0.25) is 0 Å². The molecular weight excluding hydrogens is 222 g/mol. The average molecular weight is 240 g/mol. The van der Waals surface area contributed by atoms with Crippen molar-refractivity contribution in [3.8, 4) is 0 Å². The smallest absolute Gasteiger partial charge is 0.0762 e. The van der Waals surface area contributed by atoms with E-state index in [-0.39, 0.29) is 0 Å². The maximum atomic E-state index is 9.48. The normalized spacial score (nSPS) is 22.5. The van der Waals surface area contributed by atoms with Gasteiger partial charge in [0.25, 0.3) is 0 Å². The van der Waals surface area contributed by atoms with Crippen molar-refractivity contribution < 1.29 is 5.11 Å². The molecule has 1 heterocycles. The molecule has 0 bridgehead atoms. The third-order valence-electron chi connectivity index (χ3n) is 3.32. The summed E-state index contributed by atoms with van der Waals surface area (Å²) in [6.07, 6.45) is 2.01. The molecule has 0 saturated carbocycles. The second-order valence-electron chi connectivity index (χ2n) is 4.57. The molecule has 1 aliphatic rings. The molecule has 0 aliphatic carbocycles. The molecule has 0 aromatic heterocycles. The molecular formula is C13H18ClNO. The molecule has 0 amide bonds. The average Bonchev–Trinajstić information content (AvgIpc) is 2.64. The van der Waals surface area contributed by atoms with Gasteiger partial charge in [-0.05, 0) is 44.4 Å². The minimum absolute atomic E-state index is 0.456. The Hall–Kier alpha value is -0.730. The summed E-state index contributed by atoms with van der Waals surface area (Å²) in [7, 11) is 0. The first-order chi connectivity index (χ1) is 7.59. The van der Waals surface area contributed by atoms with Gasteiger partial charge in [-0.1, -0.05) is 17.7 Å². The number of anilines is 1. The van der Waals surface area contributed by atoms with Crippen LogP contribution in [0.1, 0.15) is 38.4 Å². The minimum atomic E-state index is -0.456. The zero-order chi connectivity index (χ0) is 11.7. The summed E-state index contributed by atoms with van der Waals surface area (Å²) in [6, 6.07) is 6.41. The van der Waals surface area contributed by atoms with Crippen LogP contribution >= 0.6 is 11.6 Å². The molecule has 1 unspecified atom stereocenters. The highest BCUT2D eigenvalue weighted by molar-refractivity contribution is 6.33. The Morgan fingerprint density at radius 3 is 2.75 bits per heavy atom. The molecule has 88 valence electrons. The molecule has 1 aliphatic heterocycles. The minimum Gasteiger partial charge on any atom is -0.389 e. The summed E-state index contributed by atoms with van der Waals surface area (Å²) in [5.74, 6) is 0. The Balaban J connectivity index is 2.28. The van der Waals surface area contributed by atoms with Crippen molar-refractivity contribution in [1.29, 1.82) is 0 Å². The fourth-order valence-electron chi connectivity index (χ4n) is 2.31. The maximum absolute atomic E-state index is 9.48. The fourth-order valence-corrected chi connectivity index (χ4v) is 2.60. The van der Waals surface area contributed by atoms with Crippen LogP contribution in [0, 0.1) is 0 Å². The number of aliphatic hydroxyl groups excluding tert-OH is 1. The highest BCUT2D eigenvalue weighted by atomic mass is 35.5. The third kappa shape index (κ3) is 2.18. The molecule has 1 aromatic carbocycles. The topological polar surface area (TPSA) is 23.5 Å². The van der Waals surface area contributed by atoms with Gasteiger partial charge >= 0.3 is 0 Å². The molecule has 1 N–H and O–H groups in total. The highest BCUT2D eigenvalue weighted by Crippen LogP contribution is 2.33. The van der Waals surface area contributed by atoms with E-state index < -0.39 is 6.10 Å². The molecule has 3 heteroatoms. The molecule has 2 nitrogen and oxygen atoms in total. The van der Waals surface area contributed by atoms with Gasteiger partial charge in [0.2, 0.25) is 0 Å². The zero-order valence-electron chi connectivity index (χ0n) is 9.78. The molecule has 16 heavy (non-hydrogen) atoms. The van der Waals surface area contributed by atoms with Crippen LogP contribution in [-0.2, 0) is 0 Å². The Morgan fingerprint density at radius 2 is 2.25 bits per heavy atom. The lowest BCUT2D eigenvalue weighted by Crippen LogP contribution is -2.26. The highest BCUT2D eigenvalue weighted by Gasteiger charge is 2.22. The summed E-state index contributed by atoms with van der Waals surface area (Å²) >= 11 is 6.27. The van der Waals surface area contributed by atoms with E-state index in [9.17, 15) is 5.11 Å². The van der Waals surface area contributed by atoms with Crippen LogP contribution in [0.3, 0.4) is 0 Å². The summed E-state index contributed by atoms with van der Waals surface area (Å²) < 4.78 is 0. The number of benzene rings is 1. The second kappa shape index (κ2) is 4.64. The third-order valence-corrected chi connectivity index (χ3v) is 3.62. The van der Waals surface area contributed by atoms with Crippen LogP contribution in [0.2, 0.25) is 5.02 Å². The molecule has 2 rings (SSSR count). The predicted molar refractivity (Wildman–Crippen MR) is 68.1 cm³/mol. The number of halogens is 1. The molecule has 1 saturated heterocycles. The van der Waals surface area contributed by atoms with Crippen molar-refractivity contribution >= 4 is 17.3 Å². The first-order valence-corrected chi connectivity index (χ1v) is 6.21. The van der Waals surface area contributed by atoms with E-state index in [2.05, 4.69) is 11.8 Å². The van der Waals surface area contributed by atoms with Gasteiger partial charge in [-0.25, -0.2) is 0 Å². The number of aliphatic hydroxyl groups is 1. The summed E-state index contributed by atoms with van der Waals surface area (Å²) in [5, 5.41) is 10.2. The monoisotopic (exact) mass is 239 g/mol. The first-order valence-electron chi connectivity index (χ1n) is 5.83. The van der Waals surface area contributed by atoms with E-state index in [4.69, 9.17) is 11.6 Å².